The van der Waals surface area contributed by atoms with Crippen LogP contribution in [0.1, 0.15) is 40.5 Å². The van der Waals surface area contributed by atoms with E-state index in [1.54, 1.807) is 0 Å². The highest BCUT2D eigenvalue weighted by atomic mass is 19.1. The summed E-state index contributed by atoms with van der Waals surface area (Å²) in [4.78, 5) is 0. The normalized spacial score (nSPS) is 43.4. The Bertz CT molecular complexity index is 256. The average molecular weight is 215 g/mol. The SMILES string of the molecule is CC1(C)CC(C2(F)CCNC2)C(C)(C)O1. The molecule has 15 heavy (non-hydrogen) atoms. The molecular formula is C12H22FNO. The van der Waals surface area contributed by atoms with E-state index >= 15 is 0 Å². The molecule has 88 valence electrons. The number of rotatable bonds is 1. The van der Waals surface area contributed by atoms with Crippen LogP contribution in [-0.4, -0.2) is 30.0 Å². The summed E-state index contributed by atoms with van der Waals surface area (Å²) in [6.07, 6.45) is 1.44. The van der Waals surface area contributed by atoms with Crippen LogP contribution in [0.5, 0.6) is 0 Å². The first-order valence-electron chi connectivity index (χ1n) is 5.85. The van der Waals surface area contributed by atoms with Crippen LogP contribution >= 0.6 is 0 Å². The molecule has 0 saturated carbocycles. The number of nitrogens with one attached hydrogen (secondary N) is 1. The molecule has 0 amide bonds. The second-order valence-corrected chi connectivity index (χ2v) is 6.18. The Morgan fingerprint density at radius 3 is 2.33 bits per heavy atom. The Morgan fingerprint density at radius 1 is 1.27 bits per heavy atom. The third-order valence-electron chi connectivity index (χ3n) is 3.83. The summed E-state index contributed by atoms with van der Waals surface area (Å²) in [7, 11) is 0. The van der Waals surface area contributed by atoms with Crippen molar-refractivity contribution in [1.29, 1.82) is 0 Å². The molecule has 2 heterocycles. The predicted octanol–water partition coefficient (Wildman–Crippen LogP) is 2.28. The second-order valence-electron chi connectivity index (χ2n) is 6.18. The first-order valence-corrected chi connectivity index (χ1v) is 5.85. The summed E-state index contributed by atoms with van der Waals surface area (Å²) in [5, 5.41) is 3.12. The van der Waals surface area contributed by atoms with Crippen molar-refractivity contribution in [2.24, 2.45) is 5.92 Å². The topological polar surface area (TPSA) is 21.3 Å². The predicted molar refractivity (Wildman–Crippen MR) is 58.7 cm³/mol. The Hall–Kier alpha value is -0.150. The van der Waals surface area contributed by atoms with Crippen molar-refractivity contribution in [1.82, 2.24) is 5.32 Å². The standard InChI is InChI=1S/C12H22FNO/c1-10(2)7-9(11(3,4)15-10)12(13)5-6-14-8-12/h9,14H,5-8H2,1-4H3. The zero-order valence-electron chi connectivity index (χ0n) is 10.2. The van der Waals surface area contributed by atoms with E-state index in [2.05, 4.69) is 19.2 Å². The molecular weight excluding hydrogens is 193 g/mol. The van der Waals surface area contributed by atoms with E-state index in [0.717, 1.165) is 13.0 Å². The summed E-state index contributed by atoms with van der Waals surface area (Å²) in [5.41, 5.74) is -1.60. The van der Waals surface area contributed by atoms with E-state index in [0.29, 0.717) is 13.0 Å². The minimum absolute atomic E-state index is 0.00926. The highest BCUT2D eigenvalue weighted by molar-refractivity contribution is 5.06. The number of hydrogen-bond acceptors (Lipinski definition) is 2. The van der Waals surface area contributed by atoms with Gasteiger partial charge in [-0.1, -0.05) is 0 Å². The molecule has 1 N–H and O–H groups in total. The van der Waals surface area contributed by atoms with Crippen molar-refractivity contribution < 1.29 is 9.13 Å². The number of ether oxygens (including phenoxy) is 1. The monoisotopic (exact) mass is 215 g/mol. The van der Waals surface area contributed by atoms with Gasteiger partial charge in [0, 0.05) is 12.5 Å². The van der Waals surface area contributed by atoms with E-state index in [-0.39, 0.29) is 17.1 Å². The number of halogens is 1. The fourth-order valence-electron chi connectivity index (χ4n) is 3.35. The molecule has 2 rings (SSSR count). The lowest BCUT2D eigenvalue weighted by molar-refractivity contribution is -0.0916. The summed E-state index contributed by atoms with van der Waals surface area (Å²) in [6, 6.07) is 0. The van der Waals surface area contributed by atoms with Gasteiger partial charge in [0.15, 0.2) is 0 Å². The van der Waals surface area contributed by atoms with E-state index in [1.807, 2.05) is 13.8 Å². The molecule has 2 atom stereocenters. The number of hydrogen-bond donors (Lipinski definition) is 1. The lowest BCUT2D eigenvalue weighted by Gasteiger charge is -2.35. The second kappa shape index (κ2) is 3.17. The lowest BCUT2D eigenvalue weighted by Crippen LogP contribution is -2.44. The Labute approximate surface area is 91.6 Å². The minimum Gasteiger partial charge on any atom is -0.369 e. The highest BCUT2D eigenvalue weighted by Crippen LogP contribution is 2.50. The average Bonchev–Trinajstić information content (AvgIpc) is 2.54. The van der Waals surface area contributed by atoms with Crippen molar-refractivity contribution >= 4 is 0 Å². The van der Waals surface area contributed by atoms with Crippen LogP contribution in [0.3, 0.4) is 0 Å². The minimum atomic E-state index is -1.07. The molecule has 0 bridgehead atoms. The van der Waals surface area contributed by atoms with E-state index < -0.39 is 5.67 Å². The number of alkyl halides is 1. The van der Waals surface area contributed by atoms with E-state index in [1.165, 1.54) is 0 Å². The van der Waals surface area contributed by atoms with Gasteiger partial charge >= 0.3 is 0 Å². The molecule has 3 heteroatoms. The quantitative estimate of drug-likeness (QED) is 0.724. The first kappa shape index (κ1) is 11.3. The molecule has 2 aliphatic rings. The van der Waals surface area contributed by atoms with Crippen LogP contribution in [0.25, 0.3) is 0 Å². The maximum Gasteiger partial charge on any atom is 0.130 e. The fourth-order valence-corrected chi connectivity index (χ4v) is 3.35. The molecule has 0 radical (unpaired) electrons. The molecule has 0 aromatic rings. The van der Waals surface area contributed by atoms with Crippen molar-refractivity contribution in [3.8, 4) is 0 Å². The molecule has 0 spiro atoms. The smallest absolute Gasteiger partial charge is 0.130 e. The van der Waals surface area contributed by atoms with Gasteiger partial charge in [0.2, 0.25) is 0 Å². The van der Waals surface area contributed by atoms with Gasteiger partial charge in [-0.05, 0) is 47.1 Å². The molecule has 2 unspecified atom stereocenters. The fraction of sp³-hybridized carbons (Fsp3) is 1.00. The van der Waals surface area contributed by atoms with E-state index in [9.17, 15) is 4.39 Å². The van der Waals surface area contributed by atoms with Gasteiger partial charge in [-0.25, -0.2) is 4.39 Å². The third-order valence-corrected chi connectivity index (χ3v) is 3.83. The molecule has 0 aromatic carbocycles. The van der Waals surface area contributed by atoms with Gasteiger partial charge in [0.05, 0.1) is 11.2 Å². The zero-order chi connectivity index (χ0) is 11.3. The van der Waals surface area contributed by atoms with Crippen LogP contribution in [0.2, 0.25) is 0 Å². The van der Waals surface area contributed by atoms with Crippen molar-refractivity contribution in [3.63, 3.8) is 0 Å². The molecule has 0 aromatic heterocycles. The Morgan fingerprint density at radius 2 is 1.93 bits per heavy atom. The zero-order valence-corrected chi connectivity index (χ0v) is 10.2. The van der Waals surface area contributed by atoms with Crippen LogP contribution < -0.4 is 5.32 Å². The highest BCUT2D eigenvalue weighted by Gasteiger charge is 2.56. The van der Waals surface area contributed by atoms with Gasteiger partial charge in [-0.15, -0.1) is 0 Å². The maximum absolute atomic E-state index is 14.7. The summed E-state index contributed by atoms with van der Waals surface area (Å²) in [6.45, 7) is 9.43. The summed E-state index contributed by atoms with van der Waals surface area (Å²) in [5.74, 6) is 0.00926. The van der Waals surface area contributed by atoms with Gasteiger partial charge in [0.1, 0.15) is 5.67 Å². The summed E-state index contributed by atoms with van der Waals surface area (Å²) < 4.78 is 20.7. The largest absolute Gasteiger partial charge is 0.369 e. The molecule has 2 aliphatic heterocycles. The van der Waals surface area contributed by atoms with Crippen molar-refractivity contribution in [3.05, 3.63) is 0 Å². The Balaban J connectivity index is 2.22. The first-order chi connectivity index (χ1) is 6.75. The van der Waals surface area contributed by atoms with Gasteiger partial charge in [0.25, 0.3) is 0 Å². The van der Waals surface area contributed by atoms with Crippen LogP contribution in [-0.2, 0) is 4.74 Å². The van der Waals surface area contributed by atoms with Gasteiger partial charge in [-0.3, -0.25) is 0 Å². The van der Waals surface area contributed by atoms with E-state index in [4.69, 9.17) is 4.74 Å². The third kappa shape index (κ3) is 1.92. The maximum atomic E-state index is 14.7. The van der Waals surface area contributed by atoms with Crippen LogP contribution in [0.15, 0.2) is 0 Å². The lowest BCUT2D eigenvalue weighted by atomic mass is 9.75. The van der Waals surface area contributed by atoms with Crippen LogP contribution in [0, 0.1) is 5.92 Å². The summed E-state index contributed by atoms with van der Waals surface area (Å²) >= 11 is 0. The van der Waals surface area contributed by atoms with Crippen molar-refractivity contribution in [2.45, 2.75) is 57.4 Å². The van der Waals surface area contributed by atoms with Gasteiger partial charge < -0.3 is 10.1 Å². The van der Waals surface area contributed by atoms with Crippen molar-refractivity contribution in [2.75, 3.05) is 13.1 Å². The molecule has 2 fully saturated rings. The Kier molecular flexibility index (Phi) is 2.40. The molecule has 2 saturated heterocycles. The van der Waals surface area contributed by atoms with Crippen LogP contribution in [0.4, 0.5) is 4.39 Å². The molecule has 0 aliphatic carbocycles. The van der Waals surface area contributed by atoms with Gasteiger partial charge in [-0.2, -0.15) is 0 Å². The molecule has 2 nitrogen and oxygen atoms in total.